The van der Waals surface area contributed by atoms with E-state index >= 15 is 0 Å². The molecule has 0 aliphatic rings. The number of hydrogen-bond donors (Lipinski definition) is 3. The van der Waals surface area contributed by atoms with Crippen LogP contribution >= 0.6 is 34.8 Å². The molecule has 0 radical (unpaired) electrons. The van der Waals surface area contributed by atoms with Crippen molar-refractivity contribution >= 4 is 61.3 Å². The summed E-state index contributed by atoms with van der Waals surface area (Å²) in [5.41, 5.74) is 2.14. The minimum absolute atomic E-state index is 0.0287. The maximum Gasteiger partial charge on any atom is 0.238 e. The molecule has 0 bridgehead atoms. The summed E-state index contributed by atoms with van der Waals surface area (Å²) >= 11 is 7.56. The molecule has 228 valence electrons. The van der Waals surface area contributed by atoms with Crippen molar-refractivity contribution in [1.29, 1.82) is 0 Å². The average Bonchev–Trinajstić information content (AvgIpc) is 3.44. The molecule has 0 saturated heterocycles. The van der Waals surface area contributed by atoms with Crippen LogP contribution in [0.15, 0.2) is 83.9 Å². The van der Waals surface area contributed by atoms with Crippen molar-refractivity contribution < 1.29 is 27.4 Å². The van der Waals surface area contributed by atoms with E-state index in [0.717, 1.165) is 20.7 Å². The number of halogens is 1. The van der Waals surface area contributed by atoms with E-state index in [1.165, 1.54) is 12.1 Å². The molecule has 0 aliphatic heterocycles. The summed E-state index contributed by atoms with van der Waals surface area (Å²) in [7, 11) is -3.74. The summed E-state index contributed by atoms with van der Waals surface area (Å²) in [6, 6.07) is 21.1. The number of rotatable bonds is 16. The summed E-state index contributed by atoms with van der Waals surface area (Å²) in [4.78, 5) is 0.0287. The number of nitrogens with two attached hydrogens (primary N) is 1. The fourth-order valence-corrected chi connectivity index (χ4v) is 4.67. The molecule has 0 spiro atoms. The Morgan fingerprint density at radius 3 is 2.02 bits per heavy atom. The second-order valence-electron chi connectivity index (χ2n) is 8.96. The summed E-state index contributed by atoms with van der Waals surface area (Å²) < 4.78 is 48.2. The topological polar surface area (TPSA) is 152 Å². The minimum Gasteiger partial charge on any atom is -0.491 e. The van der Waals surface area contributed by atoms with Gasteiger partial charge in [-0.3, -0.25) is 0 Å². The highest BCUT2D eigenvalue weighted by Gasteiger charge is 2.07. The first-order valence-electron chi connectivity index (χ1n) is 13.1. The lowest BCUT2D eigenvalue weighted by molar-refractivity contribution is 0.0333. The molecule has 12 nitrogen and oxygen atoms in total. The molecule has 15 heteroatoms. The lowest BCUT2D eigenvalue weighted by atomic mass is 10.3. The third-order valence-corrected chi connectivity index (χ3v) is 7.53. The standard InChI is InChI=1S/C28H31IN6O6S2/c29-21-1-7-26(8-2-21)41-20-24-19-35(34-33-24)13-14-38-15-16-39-17-18-40-25-9-3-22(4-10-25)31-28(42)32-23-5-11-27(12-6-23)43(30,36)37/h1-12,19H,13-18,20H2,(H2,30,36,37)(H2,31,32,42). The van der Waals surface area contributed by atoms with Gasteiger partial charge in [-0.1, -0.05) is 5.21 Å². The number of nitrogens with zero attached hydrogens (tertiary/aromatic N) is 3. The van der Waals surface area contributed by atoms with Crippen molar-refractivity contribution in [1.82, 2.24) is 15.0 Å². The molecular formula is C28H31IN6O6S2. The van der Waals surface area contributed by atoms with E-state index in [9.17, 15) is 8.42 Å². The van der Waals surface area contributed by atoms with Crippen LogP contribution in [0.3, 0.4) is 0 Å². The Kier molecular flexibility index (Phi) is 12.5. The number of ether oxygens (including phenoxy) is 4. The van der Waals surface area contributed by atoms with Crippen LogP contribution in [0.4, 0.5) is 11.4 Å². The molecule has 0 atom stereocenters. The predicted octanol–water partition coefficient (Wildman–Crippen LogP) is 4.03. The zero-order valence-corrected chi connectivity index (χ0v) is 26.8. The van der Waals surface area contributed by atoms with Crippen LogP contribution in [0, 0.1) is 3.57 Å². The van der Waals surface area contributed by atoms with Gasteiger partial charge in [0.1, 0.15) is 30.4 Å². The number of aromatic nitrogens is 3. The Morgan fingerprint density at radius 2 is 1.37 bits per heavy atom. The van der Waals surface area contributed by atoms with Gasteiger partial charge in [0.25, 0.3) is 0 Å². The number of nitrogens with one attached hydrogen (secondary N) is 2. The first kappa shape index (κ1) is 32.6. The Labute approximate surface area is 269 Å². The van der Waals surface area contributed by atoms with Crippen LogP contribution in [0.5, 0.6) is 11.5 Å². The van der Waals surface area contributed by atoms with Gasteiger partial charge in [0.05, 0.1) is 44.1 Å². The van der Waals surface area contributed by atoms with Gasteiger partial charge >= 0.3 is 0 Å². The van der Waals surface area contributed by atoms with Crippen LogP contribution in [0.1, 0.15) is 5.69 Å². The quantitative estimate of drug-likeness (QED) is 0.0869. The van der Waals surface area contributed by atoms with Crippen LogP contribution in [0.2, 0.25) is 0 Å². The molecular weight excluding hydrogens is 707 g/mol. The third-order valence-electron chi connectivity index (χ3n) is 5.67. The maximum absolute atomic E-state index is 11.4. The number of sulfonamides is 1. The van der Waals surface area contributed by atoms with Crippen molar-refractivity contribution in [2.45, 2.75) is 18.0 Å². The highest BCUT2D eigenvalue weighted by atomic mass is 127. The zero-order chi connectivity index (χ0) is 30.5. The third kappa shape index (κ3) is 11.7. The highest BCUT2D eigenvalue weighted by molar-refractivity contribution is 14.1. The van der Waals surface area contributed by atoms with Crippen LogP contribution in [-0.2, 0) is 32.6 Å². The molecule has 43 heavy (non-hydrogen) atoms. The van der Waals surface area contributed by atoms with Crippen LogP contribution in [-0.4, -0.2) is 61.6 Å². The second-order valence-corrected chi connectivity index (χ2v) is 12.2. The first-order chi connectivity index (χ1) is 20.7. The Bertz CT molecular complexity index is 1550. The van der Waals surface area contributed by atoms with Gasteiger partial charge in [0, 0.05) is 14.9 Å². The van der Waals surface area contributed by atoms with Crippen LogP contribution in [0.25, 0.3) is 0 Å². The maximum atomic E-state index is 11.4. The molecule has 4 N–H and O–H groups in total. The Balaban J connectivity index is 1.02. The van der Waals surface area contributed by atoms with E-state index in [4.69, 9.17) is 36.3 Å². The molecule has 0 saturated carbocycles. The zero-order valence-electron chi connectivity index (χ0n) is 23.0. The summed E-state index contributed by atoms with van der Waals surface area (Å²) in [5.74, 6) is 1.49. The minimum atomic E-state index is -3.74. The van der Waals surface area contributed by atoms with E-state index < -0.39 is 10.0 Å². The lowest BCUT2D eigenvalue weighted by Gasteiger charge is -2.12. The van der Waals surface area contributed by atoms with Gasteiger partial charge in [-0.05, 0) is 108 Å². The van der Waals surface area contributed by atoms with Crippen molar-refractivity contribution in [2.75, 3.05) is 43.7 Å². The van der Waals surface area contributed by atoms with Gasteiger partial charge in [0.2, 0.25) is 10.0 Å². The number of anilines is 2. The monoisotopic (exact) mass is 738 g/mol. The largest absolute Gasteiger partial charge is 0.491 e. The van der Waals surface area contributed by atoms with E-state index in [-0.39, 0.29) is 4.90 Å². The van der Waals surface area contributed by atoms with E-state index in [2.05, 4.69) is 43.5 Å². The van der Waals surface area contributed by atoms with Crippen molar-refractivity contribution in [2.24, 2.45) is 5.14 Å². The number of hydrogen-bond acceptors (Lipinski definition) is 9. The van der Waals surface area contributed by atoms with Crippen LogP contribution < -0.4 is 25.2 Å². The number of benzene rings is 3. The van der Waals surface area contributed by atoms with E-state index in [1.54, 1.807) is 16.8 Å². The fraction of sp³-hybridized carbons (Fsp3) is 0.250. The van der Waals surface area contributed by atoms with Crippen molar-refractivity contribution in [3.63, 3.8) is 0 Å². The lowest BCUT2D eigenvalue weighted by Crippen LogP contribution is -2.19. The molecule has 1 aromatic heterocycles. The van der Waals surface area contributed by atoms with Crippen molar-refractivity contribution in [3.05, 3.63) is 88.3 Å². The molecule has 4 rings (SSSR count). The molecule has 0 fully saturated rings. The molecule has 0 unspecified atom stereocenters. The number of thiocarbonyl (C=S) groups is 1. The molecule has 0 aliphatic carbocycles. The van der Waals surface area contributed by atoms with E-state index in [1.807, 2.05) is 54.7 Å². The summed E-state index contributed by atoms with van der Waals surface area (Å²) in [6.45, 7) is 3.16. The van der Waals surface area contributed by atoms with Crippen molar-refractivity contribution in [3.8, 4) is 11.5 Å². The molecule has 0 amide bonds. The summed E-state index contributed by atoms with van der Waals surface area (Å²) in [5, 5.41) is 19.7. The van der Waals surface area contributed by atoms with Gasteiger partial charge < -0.3 is 29.6 Å². The molecule has 1 heterocycles. The highest BCUT2D eigenvalue weighted by Crippen LogP contribution is 2.18. The SMILES string of the molecule is NS(=O)(=O)c1ccc(NC(=S)Nc2ccc(OCCOCCOCCn3cc(COc4ccc(I)cc4)nn3)cc2)cc1. The normalized spacial score (nSPS) is 11.2. The van der Waals surface area contributed by atoms with Gasteiger partial charge in [-0.2, -0.15) is 0 Å². The molecule has 4 aromatic rings. The van der Waals surface area contributed by atoms with Gasteiger partial charge in [-0.15, -0.1) is 5.10 Å². The fourth-order valence-electron chi connectivity index (χ4n) is 3.56. The summed E-state index contributed by atoms with van der Waals surface area (Å²) in [6.07, 6.45) is 1.85. The first-order valence-corrected chi connectivity index (χ1v) is 16.1. The average molecular weight is 739 g/mol. The Hall–Kier alpha value is -3.35. The second kappa shape index (κ2) is 16.5. The Morgan fingerprint density at radius 1 is 0.814 bits per heavy atom. The van der Waals surface area contributed by atoms with Gasteiger partial charge in [-0.25, -0.2) is 18.2 Å². The predicted molar refractivity (Wildman–Crippen MR) is 175 cm³/mol. The van der Waals surface area contributed by atoms with Gasteiger partial charge in [0.15, 0.2) is 5.11 Å². The number of primary sulfonamides is 1. The molecule has 3 aromatic carbocycles. The van der Waals surface area contributed by atoms with E-state index in [0.29, 0.717) is 62.7 Å². The smallest absolute Gasteiger partial charge is 0.238 e.